The number of para-hydroxylation sites is 1. The topological polar surface area (TPSA) is 115 Å². The maximum absolute atomic E-state index is 12.1. The van der Waals surface area contributed by atoms with E-state index in [4.69, 9.17) is 0 Å². The average Bonchev–Trinajstić information content (AvgIpc) is 2.80. The van der Waals surface area contributed by atoms with E-state index < -0.39 is 18.0 Å². The average molecular weight is 357 g/mol. The van der Waals surface area contributed by atoms with Crippen LogP contribution in [-0.2, 0) is 16.0 Å². The van der Waals surface area contributed by atoms with Crippen LogP contribution in [0.25, 0.3) is 10.9 Å². The smallest absolute Gasteiger partial charge is 0.326 e. The molecule has 4 amide bonds. The first-order valence-corrected chi connectivity index (χ1v) is 8.17. The molecule has 1 fully saturated rings. The monoisotopic (exact) mass is 357 g/mol. The first-order valence-electron chi connectivity index (χ1n) is 8.17. The fourth-order valence-electron chi connectivity index (χ4n) is 2.90. The summed E-state index contributed by atoms with van der Waals surface area (Å²) in [4.78, 5) is 57.0. The maximum atomic E-state index is 12.1. The fourth-order valence-corrected chi connectivity index (χ4v) is 2.90. The van der Waals surface area contributed by atoms with Gasteiger partial charge in [0.2, 0.25) is 5.91 Å². The number of carbonyl (C=O) groups excluding carboxylic acids is 3. The van der Waals surface area contributed by atoms with Crippen LogP contribution >= 0.6 is 0 Å². The Morgan fingerprint density at radius 2 is 1.96 bits per heavy atom. The number of H-pyrrole nitrogens is 1. The molecule has 1 atom stereocenters. The number of urea groups is 1. The van der Waals surface area contributed by atoms with Crippen molar-refractivity contribution < 1.29 is 14.4 Å². The van der Waals surface area contributed by atoms with E-state index in [1.165, 1.54) is 19.0 Å². The molecule has 0 bridgehead atoms. The number of rotatable bonds is 5. The van der Waals surface area contributed by atoms with Crippen LogP contribution in [0.5, 0.6) is 0 Å². The van der Waals surface area contributed by atoms with Gasteiger partial charge in [-0.15, -0.1) is 0 Å². The number of benzene rings is 1. The van der Waals surface area contributed by atoms with E-state index in [-0.39, 0.29) is 24.4 Å². The van der Waals surface area contributed by atoms with Gasteiger partial charge in [0.05, 0.1) is 17.3 Å². The Hall–Kier alpha value is -3.23. The Bertz CT molecular complexity index is 938. The Labute approximate surface area is 149 Å². The van der Waals surface area contributed by atoms with Crippen molar-refractivity contribution in [2.75, 3.05) is 20.6 Å². The summed E-state index contributed by atoms with van der Waals surface area (Å²) < 4.78 is 0. The van der Waals surface area contributed by atoms with Crippen molar-refractivity contribution in [3.05, 3.63) is 40.4 Å². The zero-order valence-electron chi connectivity index (χ0n) is 14.5. The third-order valence-electron chi connectivity index (χ3n) is 4.40. The molecule has 26 heavy (non-hydrogen) atoms. The lowest BCUT2D eigenvalue weighted by molar-refractivity contribution is -0.131. The second-order valence-electron chi connectivity index (χ2n) is 6.14. The lowest BCUT2D eigenvalue weighted by atomic mass is 10.2. The van der Waals surface area contributed by atoms with Crippen molar-refractivity contribution in [2.24, 2.45) is 0 Å². The van der Waals surface area contributed by atoms with Crippen molar-refractivity contribution in [3.63, 3.8) is 0 Å². The van der Waals surface area contributed by atoms with Crippen molar-refractivity contribution in [3.8, 4) is 0 Å². The van der Waals surface area contributed by atoms with Crippen LogP contribution in [0.2, 0.25) is 0 Å². The van der Waals surface area contributed by atoms with Gasteiger partial charge in [0, 0.05) is 27.1 Å². The summed E-state index contributed by atoms with van der Waals surface area (Å²) in [7, 11) is 2.88. The summed E-state index contributed by atoms with van der Waals surface area (Å²) in [6, 6.07) is 5.80. The van der Waals surface area contributed by atoms with Gasteiger partial charge in [-0.3, -0.25) is 19.3 Å². The largest absolute Gasteiger partial charge is 0.356 e. The minimum absolute atomic E-state index is 0.104. The van der Waals surface area contributed by atoms with Crippen LogP contribution in [0.3, 0.4) is 0 Å². The molecule has 1 aromatic carbocycles. The third kappa shape index (κ3) is 3.28. The highest BCUT2D eigenvalue weighted by Gasteiger charge is 2.41. The summed E-state index contributed by atoms with van der Waals surface area (Å²) in [5, 5.41) is 3.20. The molecule has 0 aliphatic carbocycles. The number of nitrogens with one attached hydrogen (secondary N) is 2. The van der Waals surface area contributed by atoms with Crippen LogP contribution < -0.4 is 10.9 Å². The van der Waals surface area contributed by atoms with Crippen LogP contribution in [0.1, 0.15) is 12.2 Å². The molecular formula is C17H19N5O4. The molecule has 1 saturated heterocycles. The molecule has 1 aliphatic heterocycles. The Morgan fingerprint density at radius 1 is 1.23 bits per heavy atom. The van der Waals surface area contributed by atoms with Crippen molar-refractivity contribution in [1.29, 1.82) is 0 Å². The summed E-state index contributed by atoms with van der Waals surface area (Å²) in [6.45, 7) is 0.258. The predicted octanol–water partition coefficient (Wildman–Crippen LogP) is -0.136. The molecule has 0 saturated carbocycles. The zero-order valence-corrected chi connectivity index (χ0v) is 14.5. The molecule has 0 radical (unpaired) electrons. The van der Waals surface area contributed by atoms with Gasteiger partial charge >= 0.3 is 6.03 Å². The minimum Gasteiger partial charge on any atom is -0.356 e. The molecule has 136 valence electrons. The maximum Gasteiger partial charge on any atom is 0.326 e. The van der Waals surface area contributed by atoms with Crippen molar-refractivity contribution >= 4 is 28.7 Å². The van der Waals surface area contributed by atoms with Gasteiger partial charge in [-0.1, -0.05) is 12.1 Å². The van der Waals surface area contributed by atoms with E-state index in [9.17, 15) is 19.2 Å². The van der Waals surface area contributed by atoms with E-state index >= 15 is 0 Å². The highest BCUT2D eigenvalue weighted by molar-refractivity contribution is 6.05. The van der Waals surface area contributed by atoms with E-state index in [0.717, 1.165) is 4.90 Å². The SMILES string of the molecule is CN1C(=O)[C@@H](CC(=O)NCCc2nc3ccccc3c(=O)[nH]2)N(C)C1=O. The summed E-state index contributed by atoms with van der Waals surface area (Å²) in [6.07, 6.45) is 0.242. The minimum atomic E-state index is -0.786. The van der Waals surface area contributed by atoms with E-state index in [1.54, 1.807) is 24.3 Å². The van der Waals surface area contributed by atoms with Crippen LogP contribution in [0.15, 0.2) is 29.1 Å². The van der Waals surface area contributed by atoms with E-state index in [2.05, 4.69) is 15.3 Å². The number of likely N-dealkylation sites (N-methyl/N-ethyl adjacent to an activating group) is 2. The summed E-state index contributed by atoms with van der Waals surface area (Å²) in [5.41, 5.74) is 0.369. The van der Waals surface area contributed by atoms with Gasteiger partial charge < -0.3 is 15.2 Å². The number of aromatic nitrogens is 2. The van der Waals surface area contributed by atoms with Gasteiger partial charge in [-0.05, 0) is 12.1 Å². The number of hydrogen-bond donors (Lipinski definition) is 2. The van der Waals surface area contributed by atoms with Crippen LogP contribution in [-0.4, -0.2) is 64.3 Å². The molecule has 3 rings (SSSR count). The van der Waals surface area contributed by atoms with Gasteiger partial charge in [0.15, 0.2) is 0 Å². The number of nitrogens with zero attached hydrogens (tertiary/aromatic N) is 3. The molecule has 2 heterocycles. The van der Waals surface area contributed by atoms with Gasteiger partial charge in [-0.2, -0.15) is 0 Å². The number of carbonyl (C=O) groups is 3. The molecule has 1 aromatic heterocycles. The predicted molar refractivity (Wildman–Crippen MR) is 93.4 cm³/mol. The van der Waals surface area contributed by atoms with Crippen LogP contribution in [0, 0.1) is 0 Å². The Morgan fingerprint density at radius 3 is 2.65 bits per heavy atom. The quantitative estimate of drug-likeness (QED) is 0.723. The first kappa shape index (κ1) is 17.6. The number of imide groups is 1. The van der Waals surface area contributed by atoms with Gasteiger partial charge in [0.1, 0.15) is 11.9 Å². The summed E-state index contributed by atoms with van der Waals surface area (Å²) in [5.74, 6) is -0.271. The van der Waals surface area contributed by atoms with E-state index in [0.29, 0.717) is 23.1 Å². The second-order valence-corrected chi connectivity index (χ2v) is 6.14. The highest BCUT2D eigenvalue weighted by Crippen LogP contribution is 2.16. The second kappa shape index (κ2) is 6.95. The van der Waals surface area contributed by atoms with E-state index in [1.807, 2.05) is 0 Å². The standard InChI is InChI=1S/C17H19N5O4/c1-21-12(16(25)22(2)17(21)26)9-14(23)18-8-7-13-19-11-6-4-3-5-10(11)15(24)20-13/h3-6,12H,7-9H2,1-2H3,(H,18,23)(H,19,20,24)/t12-/m1/s1. The third-order valence-corrected chi connectivity index (χ3v) is 4.40. The molecule has 9 nitrogen and oxygen atoms in total. The molecule has 1 aliphatic rings. The van der Waals surface area contributed by atoms with Crippen molar-refractivity contribution in [2.45, 2.75) is 18.9 Å². The molecule has 2 N–H and O–H groups in total. The fraction of sp³-hybridized carbons (Fsp3) is 0.353. The normalized spacial score (nSPS) is 17.2. The lowest BCUT2D eigenvalue weighted by Gasteiger charge is -2.15. The van der Waals surface area contributed by atoms with Gasteiger partial charge in [0.25, 0.3) is 11.5 Å². The Balaban J connectivity index is 1.57. The van der Waals surface area contributed by atoms with Gasteiger partial charge in [-0.25, -0.2) is 9.78 Å². The number of fused-ring (bicyclic) bond motifs is 1. The number of amides is 4. The molecule has 9 heteroatoms. The molecule has 2 aromatic rings. The lowest BCUT2D eigenvalue weighted by Crippen LogP contribution is -2.38. The summed E-state index contributed by atoms with van der Waals surface area (Å²) >= 11 is 0. The highest BCUT2D eigenvalue weighted by atomic mass is 16.2. The van der Waals surface area contributed by atoms with Crippen LogP contribution in [0.4, 0.5) is 4.79 Å². The first-order chi connectivity index (χ1) is 12.4. The molecule has 0 spiro atoms. The van der Waals surface area contributed by atoms with Crippen molar-refractivity contribution in [1.82, 2.24) is 25.1 Å². The zero-order chi connectivity index (χ0) is 18.8. The Kier molecular flexibility index (Phi) is 4.70. The number of hydrogen-bond acceptors (Lipinski definition) is 5. The number of aromatic amines is 1. The molecule has 0 unspecified atom stereocenters. The molecular weight excluding hydrogens is 338 g/mol.